The molecule has 11 heteroatoms. The van der Waals surface area contributed by atoms with Gasteiger partial charge < -0.3 is 10.2 Å². The normalized spacial score (nSPS) is 11.9. The van der Waals surface area contributed by atoms with Crippen molar-refractivity contribution in [3.63, 3.8) is 0 Å². The number of furan rings is 1. The number of fused-ring (bicyclic) bond motifs is 1. The van der Waals surface area contributed by atoms with Gasteiger partial charge in [-0.05, 0) is 24.3 Å². The van der Waals surface area contributed by atoms with Crippen molar-refractivity contribution < 1.29 is 12.8 Å². The molecule has 4 rings (SSSR count). The minimum absolute atomic E-state index is 0.0660. The van der Waals surface area contributed by atoms with Gasteiger partial charge >= 0.3 is 0 Å². The molecule has 138 valence electrons. The topological polar surface area (TPSA) is 143 Å². The van der Waals surface area contributed by atoms with Crippen LogP contribution in [0.25, 0.3) is 22.6 Å². The Morgan fingerprint density at radius 3 is 2.67 bits per heavy atom. The summed E-state index contributed by atoms with van der Waals surface area (Å²) in [6, 6.07) is 8.67. The molecule has 0 radical (unpaired) electrons. The Kier molecular flexibility index (Phi) is 4.07. The predicted molar refractivity (Wildman–Crippen MR) is 97.1 cm³/mol. The third-order valence-electron chi connectivity index (χ3n) is 3.72. The van der Waals surface area contributed by atoms with Gasteiger partial charge in [-0.2, -0.15) is 4.98 Å². The number of rotatable bonds is 5. The van der Waals surface area contributed by atoms with Crippen LogP contribution in [-0.4, -0.2) is 44.6 Å². The lowest BCUT2D eigenvalue weighted by molar-refractivity contribution is 0.580. The number of hydrogen-bond donors (Lipinski definition) is 1. The lowest BCUT2D eigenvalue weighted by Gasteiger charge is -2.05. The summed E-state index contributed by atoms with van der Waals surface area (Å²) in [4.78, 5) is 12.8. The summed E-state index contributed by atoms with van der Waals surface area (Å²) in [5.74, 6) is 0.446. The van der Waals surface area contributed by atoms with E-state index in [1.165, 1.54) is 17.2 Å². The zero-order valence-corrected chi connectivity index (χ0v) is 15.1. The molecule has 0 saturated heterocycles. The molecular weight excluding hydrogens is 370 g/mol. The summed E-state index contributed by atoms with van der Waals surface area (Å²) in [6.45, 7) is 0.252. The molecule has 4 heterocycles. The van der Waals surface area contributed by atoms with Gasteiger partial charge in [0, 0.05) is 6.26 Å². The molecule has 0 aliphatic carbocycles. The van der Waals surface area contributed by atoms with E-state index in [-0.39, 0.29) is 18.2 Å². The van der Waals surface area contributed by atoms with Crippen molar-refractivity contribution in [2.24, 2.45) is 0 Å². The van der Waals surface area contributed by atoms with E-state index in [9.17, 15) is 8.42 Å². The molecule has 0 aliphatic heterocycles. The lowest BCUT2D eigenvalue weighted by atomic mass is 10.3. The van der Waals surface area contributed by atoms with Crippen LogP contribution >= 0.6 is 0 Å². The van der Waals surface area contributed by atoms with Gasteiger partial charge in [-0.3, -0.25) is 4.98 Å². The van der Waals surface area contributed by atoms with Crippen molar-refractivity contribution in [3.05, 3.63) is 48.0 Å². The molecule has 0 bridgehead atoms. The van der Waals surface area contributed by atoms with E-state index in [1.807, 2.05) is 0 Å². The molecule has 10 nitrogen and oxygen atoms in total. The highest BCUT2D eigenvalue weighted by Gasteiger charge is 2.17. The fraction of sp³-hybridized carbons (Fsp3) is 0.188. The van der Waals surface area contributed by atoms with Crippen LogP contribution in [0.2, 0.25) is 0 Å². The fourth-order valence-electron chi connectivity index (χ4n) is 2.68. The first-order chi connectivity index (χ1) is 12.9. The number of nitrogens with two attached hydrogens (primary N) is 1. The van der Waals surface area contributed by atoms with Crippen molar-refractivity contribution >= 4 is 26.9 Å². The molecule has 0 spiro atoms. The summed E-state index contributed by atoms with van der Waals surface area (Å²) in [6.07, 6.45) is 2.70. The van der Waals surface area contributed by atoms with Gasteiger partial charge in [-0.15, -0.1) is 5.10 Å². The second-order valence-electron chi connectivity index (χ2n) is 6.02. The Bertz CT molecular complexity index is 1220. The van der Waals surface area contributed by atoms with Crippen molar-refractivity contribution in [3.8, 4) is 11.5 Å². The van der Waals surface area contributed by atoms with Gasteiger partial charge in [-0.25, -0.2) is 18.1 Å². The molecule has 4 aromatic rings. The van der Waals surface area contributed by atoms with Gasteiger partial charge in [0.25, 0.3) is 0 Å². The second kappa shape index (κ2) is 6.43. The molecule has 0 aromatic carbocycles. The van der Waals surface area contributed by atoms with Crippen LogP contribution in [0.1, 0.15) is 11.4 Å². The molecule has 0 atom stereocenters. The summed E-state index contributed by atoms with van der Waals surface area (Å²) in [5, 5.41) is 8.26. The zero-order chi connectivity index (χ0) is 19.0. The first kappa shape index (κ1) is 17.1. The average molecular weight is 385 g/mol. The molecule has 0 saturated carbocycles. The Morgan fingerprint density at radius 2 is 1.93 bits per heavy atom. The van der Waals surface area contributed by atoms with E-state index >= 15 is 0 Å². The summed E-state index contributed by atoms with van der Waals surface area (Å²) < 4.78 is 29.9. The number of pyridine rings is 1. The minimum atomic E-state index is -3.17. The van der Waals surface area contributed by atoms with Crippen LogP contribution in [0.5, 0.6) is 0 Å². The monoisotopic (exact) mass is 385 g/mol. The molecular formula is C16H15N7O3S. The molecule has 0 fully saturated rings. The summed E-state index contributed by atoms with van der Waals surface area (Å²) >= 11 is 0. The zero-order valence-electron chi connectivity index (χ0n) is 14.3. The summed E-state index contributed by atoms with van der Waals surface area (Å²) in [5.41, 5.74) is 8.25. The Morgan fingerprint density at radius 1 is 1.11 bits per heavy atom. The lowest BCUT2D eigenvalue weighted by Crippen LogP contribution is -2.09. The van der Waals surface area contributed by atoms with Crippen LogP contribution < -0.4 is 5.73 Å². The fourth-order valence-corrected chi connectivity index (χ4v) is 3.38. The number of hydrogen-bond acceptors (Lipinski definition) is 9. The standard InChI is InChI=1S/C16H15N7O3S/c1-27(24,25)9-11-5-2-4-10(18-11)8-23-15-14(21-22-23)13(19-16(17)20-15)12-6-3-7-26-12/h2-7H,8-9H2,1H3,(H2,17,19,20). The smallest absolute Gasteiger partial charge is 0.222 e. The van der Waals surface area contributed by atoms with Crippen molar-refractivity contribution in [1.82, 2.24) is 29.9 Å². The Balaban J connectivity index is 1.73. The maximum atomic E-state index is 11.5. The van der Waals surface area contributed by atoms with Crippen LogP contribution in [-0.2, 0) is 22.1 Å². The molecule has 27 heavy (non-hydrogen) atoms. The van der Waals surface area contributed by atoms with Crippen LogP contribution in [0, 0.1) is 0 Å². The quantitative estimate of drug-likeness (QED) is 0.533. The van der Waals surface area contributed by atoms with E-state index in [2.05, 4.69) is 25.3 Å². The summed E-state index contributed by atoms with van der Waals surface area (Å²) in [7, 11) is -3.17. The van der Waals surface area contributed by atoms with Crippen molar-refractivity contribution in [2.45, 2.75) is 12.3 Å². The third kappa shape index (κ3) is 3.62. The SMILES string of the molecule is CS(=O)(=O)Cc1cccc(Cn2nnc3c(-c4ccco4)nc(N)nc32)n1. The van der Waals surface area contributed by atoms with E-state index in [0.717, 1.165) is 0 Å². The maximum absolute atomic E-state index is 11.5. The molecule has 0 aliphatic rings. The molecule has 2 N–H and O–H groups in total. The van der Waals surface area contributed by atoms with Gasteiger partial charge in [-0.1, -0.05) is 11.3 Å². The number of aromatic nitrogens is 6. The first-order valence-electron chi connectivity index (χ1n) is 7.92. The molecule has 0 unspecified atom stereocenters. The Hall–Kier alpha value is -3.34. The maximum Gasteiger partial charge on any atom is 0.222 e. The van der Waals surface area contributed by atoms with Gasteiger partial charge in [0.1, 0.15) is 5.69 Å². The number of nitrogen functional groups attached to an aromatic ring is 1. The number of sulfone groups is 1. The predicted octanol–water partition coefficient (Wildman–Crippen LogP) is 1.05. The van der Waals surface area contributed by atoms with Gasteiger partial charge in [0.05, 0.1) is 29.9 Å². The van der Waals surface area contributed by atoms with E-state index < -0.39 is 9.84 Å². The van der Waals surface area contributed by atoms with E-state index in [0.29, 0.717) is 34.0 Å². The Labute approximate surface area is 154 Å². The molecule has 4 aromatic heterocycles. The highest BCUT2D eigenvalue weighted by Crippen LogP contribution is 2.25. The van der Waals surface area contributed by atoms with Crippen molar-refractivity contribution in [2.75, 3.05) is 12.0 Å². The second-order valence-corrected chi connectivity index (χ2v) is 8.16. The van der Waals surface area contributed by atoms with Gasteiger partial charge in [0.15, 0.2) is 26.8 Å². The highest BCUT2D eigenvalue weighted by atomic mass is 32.2. The minimum Gasteiger partial charge on any atom is -0.463 e. The largest absolute Gasteiger partial charge is 0.463 e. The van der Waals surface area contributed by atoms with Crippen LogP contribution in [0.4, 0.5) is 5.95 Å². The van der Waals surface area contributed by atoms with Gasteiger partial charge in [0.2, 0.25) is 5.95 Å². The first-order valence-corrected chi connectivity index (χ1v) is 9.98. The van der Waals surface area contributed by atoms with Crippen LogP contribution in [0.3, 0.4) is 0 Å². The van der Waals surface area contributed by atoms with Crippen LogP contribution in [0.15, 0.2) is 41.0 Å². The molecule has 0 amide bonds. The highest BCUT2D eigenvalue weighted by molar-refractivity contribution is 7.89. The van der Waals surface area contributed by atoms with Crippen molar-refractivity contribution in [1.29, 1.82) is 0 Å². The van der Waals surface area contributed by atoms with E-state index in [4.69, 9.17) is 10.2 Å². The number of nitrogens with zero attached hydrogens (tertiary/aromatic N) is 6. The van der Waals surface area contributed by atoms with E-state index in [1.54, 1.807) is 30.3 Å². The third-order valence-corrected chi connectivity index (χ3v) is 4.54. The number of anilines is 1. The average Bonchev–Trinajstić information content (AvgIpc) is 3.24.